The van der Waals surface area contributed by atoms with E-state index in [0.29, 0.717) is 17.2 Å². The summed E-state index contributed by atoms with van der Waals surface area (Å²) >= 11 is 6.02. The summed E-state index contributed by atoms with van der Waals surface area (Å²) in [5.41, 5.74) is 2.72. The first kappa shape index (κ1) is 25.3. The van der Waals surface area contributed by atoms with Gasteiger partial charge in [-0.25, -0.2) is 0 Å². The Morgan fingerprint density at radius 2 is 1.59 bits per heavy atom. The molecule has 0 fully saturated rings. The molecule has 0 saturated heterocycles. The van der Waals surface area contributed by atoms with E-state index in [4.69, 9.17) is 16.3 Å². The summed E-state index contributed by atoms with van der Waals surface area (Å²) in [5.74, 6) is 0.394. The first-order valence-corrected chi connectivity index (χ1v) is 11.7. The molecule has 2 amide bonds. The number of hydrogen-bond acceptors (Lipinski definition) is 3. The van der Waals surface area contributed by atoms with Gasteiger partial charge in [0.25, 0.3) is 0 Å². The number of benzene rings is 3. The van der Waals surface area contributed by atoms with Crippen LogP contribution < -0.4 is 10.1 Å². The third-order valence-corrected chi connectivity index (χ3v) is 5.71. The van der Waals surface area contributed by atoms with E-state index >= 15 is 0 Å². The van der Waals surface area contributed by atoms with Crippen LogP contribution in [0.2, 0.25) is 5.02 Å². The third-order valence-electron chi connectivity index (χ3n) is 5.46. The SMILES string of the molecule is COc1cccc(CN(C(=O)Cc2ccc(Cl)cc2)[C@H](Cc2ccccc2)C(=O)NC(C)C)c1. The highest BCUT2D eigenvalue weighted by molar-refractivity contribution is 6.30. The average molecular weight is 479 g/mol. The summed E-state index contributed by atoms with van der Waals surface area (Å²) < 4.78 is 5.36. The number of carbonyl (C=O) groups excluding carboxylic acids is 2. The van der Waals surface area contributed by atoms with Crippen LogP contribution in [0.4, 0.5) is 0 Å². The molecule has 178 valence electrons. The maximum atomic E-state index is 13.7. The minimum absolute atomic E-state index is 0.0455. The van der Waals surface area contributed by atoms with Gasteiger partial charge in [-0.05, 0) is 54.8 Å². The predicted molar refractivity (Wildman–Crippen MR) is 136 cm³/mol. The Kier molecular flexibility index (Phi) is 9.11. The number of rotatable bonds is 10. The summed E-state index contributed by atoms with van der Waals surface area (Å²) in [6.45, 7) is 4.12. The van der Waals surface area contributed by atoms with E-state index in [-0.39, 0.29) is 30.8 Å². The van der Waals surface area contributed by atoms with Crippen molar-refractivity contribution in [2.45, 2.75) is 45.3 Å². The lowest BCUT2D eigenvalue weighted by Gasteiger charge is -2.32. The van der Waals surface area contributed by atoms with Crippen molar-refractivity contribution in [3.63, 3.8) is 0 Å². The number of hydrogen-bond donors (Lipinski definition) is 1. The Morgan fingerprint density at radius 3 is 2.24 bits per heavy atom. The highest BCUT2D eigenvalue weighted by Crippen LogP contribution is 2.20. The second-order valence-corrected chi connectivity index (χ2v) is 8.98. The minimum Gasteiger partial charge on any atom is -0.497 e. The molecule has 3 aromatic carbocycles. The zero-order valence-corrected chi connectivity index (χ0v) is 20.6. The molecule has 3 rings (SSSR count). The van der Waals surface area contributed by atoms with E-state index in [1.54, 1.807) is 24.1 Å². The van der Waals surface area contributed by atoms with Gasteiger partial charge in [-0.15, -0.1) is 0 Å². The Hall–Kier alpha value is -3.31. The maximum absolute atomic E-state index is 13.7. The normalized spacial score (nSPS) is 11.7. The van der Waals surface area contributed by atoms with Gasteiger partial charge in [-0.3, -0.25) is 9.59 Å². The molecule has 0 aromatic heterocycles. The minimum atomic E-state index is -0.671. The van der Waals surface area contributed by atoms with Crippen LogP contribution >= 0.6 is 11.6 Å². The van der Waals surface area contributed by atoms with Gasteiger partial charge in [-0.1, -0.05) is 66.2 Å². The van der Waals surface area contributed by atoms with E-state index < -0.39 is 6.04 Å². The van der Waals surface area contributed by atoms with Crippen LogP contribution in [0.1, 0.15) is 30.5 Å². The van der Waals surface area contributed by atoms with Crippen LogP contribution in [0.25, 0.3) is 0 Å². The molecule has 0 radical (unpaired) electrons. The number of methoxy groups -OCH3 is 1. The van der Waals surface area contributed by atoms with Crippen molar-refractivity contribution in [1.29, 1.82) is 0 Å². The molecule has 0 spiro atoms. The van der Waals surface area contributed by atoms with Crippen molar-refractivity contribution in [2.24, 2.45) is 0 Å². The molecular weight excluding hydrogens is 448 g/mol. The number of ether oxygens (including phenoxy) is 1. The molecule has 0 saturated carbocycles. The summed E-state index contributed by atoms with van der Waals surface area (Å²) in [4.78, 5) is 28.7. The van der Waals surface area contributed by atoms with Crippen molar-refractivity contribution >= 4 is 23.4 Å². The van der Waals surface area contributed by atoms with Crippen molar-refractivity contribution < 1.29 is 14.3 Å². The van der Waals surface area contributed by atoms with Gasteiger partial charge >= 0.3 is 0 Å². The monoisotopic (exact) mass is 478 g/mol. The smallest absolute Gasteiger partial charge is 0.243 e. The van der Waals surface area contributed by atoms with Crippen LogP contribution in [-0.4, -0.2) is 35.9 Å². The van der Waals surface area contributed by atoms with E-state index in [2.05, 4.69) is 5.32 Å². The molecule has 1 atom stereocenters. The van der Waals surface area contributed by atoms with E-state index in [1.807, 2.05) is 80.6 Å². The molecule has 0 heterocycles. The van der Waals surface area contributed by atoms with Gasteiger partial charge in [0.15, 0.2) is 0 Å². The lowest BCUT2D eigenvalue weighted by molar-refractivity contribution is -0.141. The van der Waals surface area contributed by atoms with Crippen molar-refractivity contribution in [1.82, 2.24) is 10.2 Å². The van der Waals surface area contributed by atoms with Gasteiger partial charge in [0.2, 0.25) is 11.8 Å². The Morgan fingerprint density at radius 1 is 0.912 bits per heavy atom. The maximum Gasteiger partial charge on any atom is 0.243 e. The molecule has 34 heavy (non-hydrogen) atoms. The molecular formula is C28H31ClN2O3. The summed E-state index contributed by atoms with van der Waals surface area (Å²) in [5, 5.41) is 3.62. The molecule has 1 N–H and O–H groups in total. The van der Waals surface area contributed by atoms with E-state index in [0.717, 1.165) is 16.7 Å². The van der Waals surface area contributed by atoms with Crippen LogP contribution in [0.5, 0.6) is 5.75 Å². The van der Waals surface area contributed by atoms with Gasteiger partial charge < -0.3 is 15.0 Å². The van der Waals surface area contributed by atoms with Gasteiger partial charge in [-0.2, -0.15) is 0 Å². The van der Waals surface area contributed by atoms with Gasteiger partial charge in [0.05, 0.1) is 13.5 Å². The highest BCUT2D eigenvalue weighted by atomic mass is 35.5. The average Bonchev–Trinajstić information content (AvgIpc) is 2.83. The molecule has 0 aliphatic heterocycles. The highest BCUT2D eigenvalue weighted by Gasteiger charge is 2.30. The molecule has 5 nitrogen and oxygen atoms in total. The lowest BCUT2D eigenvalue weighted by atomic mass is 10.0. The second kappa shape index (κ2) is 12.2. The molecule has 0 aliphatic rings. The molecule has 6 heteroatoms. The second-order valence-electron chi connectivity index (χ2n) is 8.55. The topological polar surface area (TPSA) is 58.6 Å². The van der Waals surface area contributed by atoms with Crippen LogP contribution in [0.15, 0.2) is 78.9 Å². The van der Waals surface area contributed by atoms with Crippen LogP contribution in [-0.2, 0) is 29.0 Å². The summed E-state index contributed by atoms with van der Waals surface area (Å²) in [6, 6.07) is 23.8. The number of nitrogens with zero attached hydrogens (tertiary/aromatic N) is 1. The molecule has 0 bridgehead atoms. The number of halogens is 1. The first-order chi connectivity index (χ1) is 16.4. The van der Waals surface area contributed by atoms with E-state index in [1.165, 1.54) is 0 Å². The summed E-state index contributed by atoms with van der Waals surface area (Å²) in [7, 11) is 1.61. The van der Waals surface area contributed by atoms with Crippen molar-refractivity contribution in [3.8, 4) is 5.75 Å². The molecule has 3 aromatic rings. The fraction of sp³-hybridized carbons (Fsp3) is 0.286. The lowest BCUT2D eigenvalue weighted by Crippen LogP contribution is -2.52. The van der Waals surface area contributed by atoms with Crippen LogP contribution in [0, 0.1) is 0 Å². The quantitative estimate of drug-likeness (QED) is 0.443. The Labute approximate surface area is 206 Å². The fourth-order valence-electron chi connectivity index (χ4n) is 3.78. The number of amides is 2. The predicted octanol–water partition coefficient (Wildman–Crippen LogP) is 5.06. The Bertz CT molecular complexity index is 1080. The zero-order chi connectivity index (χ0) is 24.5. The number of carbonyl (C=O) groups is 2. The van der Waals surface area contributed by atoms with Gasteiger partial charge in [0.1, 0.15) is 11.8 Å². The Balaban J connectivity index is 1.97. The fourth-order valence-corrected chi connectivity index (χ4v) is 3.91. The molecule has 0 unspecified atom stereocenters. The first-order valence-electron chi connectivity index (χ1n) is 11.4. The van der Waals surface area contributed by atoms with Gasteiger partial charge in [0, 0.05) is 24.0 Å². The zero-order valence-electron chi connectivity index (χ0n) is 19.8. The number of nitrogens with one attached hydrogen (secondary N) is 1. The largest absolute Gasteiger partial charge is 0.497 e. The summed E-state index contributed by atoms with van der Waals surface area (Å²) in [6.07, 6.45) is 0.580. The van der Waals surface area contributed by atoms with Crippen molar-refractivity contribution in [3.05, 3.63) is 101 Å². The van der Waals surface area contributed by atoms with Crippen molar-refractivity contribution in [2.75, 3.05) is 7.11 Å². The van der Waals surface area contributed by atoms with Crippen LogP contribution in [0.3, 0.4) is 0 Å². The van der Waals surface area contributed by atoms with E-state index in [9.17, 15) is 9.59 Å². The standard InChI is InChI=1S/C28H31ClN2O3/c1-20(2)30-28(33)26(17-21-8-5-4-6-9-21)31(19-23-10-7-11-25(16-23)34-3)27(32)18-22-12-14-24(29)15-13-22/h4-16,20,26H,17-19H2,1-3H3,(H,30,33)/t26-/m1/s1. The third kappa shape index (κ3) is 7.35. The molecule has 0 aliphatic carbocycles.